The minimum atomic E-state index is -0.403. The Morgan fingerprint density at radius 2 is 2.00 bits per heavy atom. The van der Waals surface area contributed by atoms with Crippen LogP contribution in [0.15, 0.2) is 42.5 Å². The van der Waals surface area contributed by atoms with E-state index >= 15 is 0 Å². The molecule has 0 aromatic heterocycles. The number of aryl methyl sites for hydroxylation is 1. The van der Waals surface area contributed by atoms with Crippen LogP contribution in [0.25, 0.3) is 0 Å². The molecule has 1 unspecified atom stereocenters. The summed E-state index contributed by atoms with van der Waals surface area (Å²) in [7, 11) is 0. The molecule has 0 aliphatic rings. The normalized spacial score (nSPS) is 11.9. The van der Waals surface area contributed by atoms with E-state index in [1.165, 1.54) is 6.07 Å². The van der Waals surface area contributed by atoms with E-state index in [-0.39, 0.29) is 17.5 Å². The summed E-state index contributed by atoms with van der Waals surface area (Å²) in [5, 5.41) is 24.2. The number of nitrogens with one attached hydrogen (secondary N) is 1. The van der Waals surface area contributed by atoms with E-state index in [4.69, 9.17) is 0 Å². The molecule has 5 nitrogen and oxygen atoms in total. The maximum Gasteiger partial charge on any atom is 0.292 e. The third-order valence-corrected chi connectivity index (χ3v) is 3.40. The van der Waals surface area contributed by atoms with Crippen molar-refractivity contribution in [2.45, 2.75) is 26.3 Å². The zero-order valence-corrected chi connectivity index (χ0v) is 12.0. The van der Waals surface area contributed by atoms with Crippen LogP contribution in [0.5, 0.6) is 5.75 Å². The maximum absolute atomic E-state index is 11.1. The van der Waals surface area contributed by atoms with Gasteiger partial charge in [0.1, 0.15) is 11.4 Å². The second-order valence-corrected chi connectivity index (χ2v) is 4.94. The molecule has 0 fully saturated rings. The number of rotatable bonds is 5. The van der Waals surface area contributed by atoms with Gasteiger partial charge in [-0.15, -0.1) is 0 Å². The van der Waals surface area contributed by atoms with Gasteiger partial charge in [0.05, 0.1) is 11.0 Å². The first-order valence-electron chi connectivity index (χ1n) is 6.82. The van der Waals surface area contributed by atoms with Crippen LogP contribution in [0.3, 0.4) is 0 Å². The summed E-state index contributed by atoms with van der Waals surface area (Å²) in [6.07, 6.45) is 0.697. The first-order chi connectivity index (χ1) is 10.0. The summed E-state index contributed by atoms with van der Waals surface area (Å²) in [5.74, 6) is 0.187. The van der Waals surface area contributed by atoms with Crippen molar-refractivity contribution in [3.05, 3.63) is 63.7 Å². The quantitative estimate of drug-likeness (QED) is 0.639. The van der Waals surface area contributed by atoms with Gasteiger partial charge in [-0.05, 0) is 31.0 Å². The monoisotopic (exact) mass is 286 g/mol. The van der Waals surface area contributed by atoms with Crippen molar-refractivity contribution in [3.8, 4) is 5.75 Å². The van der Waals surface area contributed by atoms with E-state index in [0.29, 0.717) is 12.1 Å². The Kier molecular flexibility index (Phi) is 4.42. The molecule has 21 heavy (non-hydrogen) atoms. The van der Waals surface area contributed by atoms with E-state index in [2.05, 4.69) is 5.32 Å². The molecule has 0 heterocycles. The molecular formula is C16H18N2O3. The molecule has 2 aromatic rings. The van der Waals surface area contributed by atoms with E-state index in [1.807, 2.05) is 26.0 Å². The molecule has 0 spiro atoms. The third kappa shape index (κ3) is 3.31. The molecule has 5 heteroatoms. The lowest BCUT2D eigenvalue weighted by Gasteiger charge is -2.20. The molecule has 0 saturated carbocycles. The lowest BCUT2D eigenvalue weighted by atomic mass is 10.0. The van der Waals surface area contributed by atoms with E-state index in [9.17, 15) is 15.2 Å². The minimum absolute atomic E-state index is 0.0365. The lowest BCUT2D eigenvalue weighted by Crippen LogP contribution is -2.11. The summed E-state index contributed by atoms with van der Waals surface area (Å²) in [6, 6.07) is 11.8. The van der Waals surface area contributed by atoms with Crippen molar-refractivity contribution >= 4 is 11.4 Å². The molecule has 1 atom stereocenters. The topological polar surface area (TPSA) is 75.4 Å². The van der Waals surface area contributed by atoms with Crippen molar-refractivity contribution in [1.29, 1.82) is 0 Å². The van der Waals surface area contributed by atoms with Crippen molar-refractivity contribution in [1.82, 2.24) is 0 Å². The fourth-order valence-electron chi connectivity index (χ4n) is 2.29. The van der Waals surface area contributed by atoms with E-state index in [1.54, 1.807) is 24.3 Å². The molecular weight excluding hydrogens is 268 g/mol. The second kappa shape index (κ2) is 6.26. The molecule has 0 aliphatic carbocycles. The third-order valence-electron chi connectivity index (χ3n) is 3.40. The number of aromatic hydroxyl groups is 1. The van der Waals surface area contributed by atoms with Gasteiger partial charge in [0.25, 0.3) is 5.69 Å². The zero-order valence-electron chi connectivity index (χ0n) is 12.0. The van der Waals surface area contributed by atoms with Gasteiger partial charge in [0.2, 0.25) is 0 Å². The number of nitrogens with zero attached hydrogens (tertiary/aromatic N) is 1. The Bertz CT molecular complexity index is 656. The van der Waals surface area contributed by atoms with Gasteiger partial charge in [-0.2, -0.15) is 0 Å². The van der Waals surface area contributed by atoms with Crippen molar-refractivity contribution in [2.75, 3.05) is 5.32 Å². The van der Waals surface area contributed by atoms with Gasteiger partial charge in [0.15, 0.2) is 0 Å². The summed E-state index contributed by atoms with van der Waals surface area (Å²) in [5.41, 5.74) is 2.18. The SMILES string of the molecule is CCC(Nc1cc(C)ccc1[N+](=O)[O-])c1ccccc1O. The highest BCUT2D eigenvalue weighted by Crippen LogP contribution is 2.33. The Balaban J connectivity index is 2.37. The fourth-order valence-corrected chi connectivity index (χ4v) is 2.29. The summed E-state index contributed by atoms with van der Waals surface area (Å²) in [6.45, 7) is 3.85. The zero-order chi connectivity index (χ0) is 15.4. The number of nitro benzene ring substituents is 1. The molecule has 2 rings (SSSR count). The number of benzene rings is 2. The van der Waals surface area contributed by atoms with Crippen LogP contribution in [0.2, 0.25) is 0 Å². The predicted molar refractivity (Wildman–Crippen MR) is 82.6 cm³/mol. The number of anilines is 1. The molecule has 0 bridgehead atoms. The molecule has 0 amide bonds. The average Bonchev–Trinajstić information content (AvgIpc) is 2.45. The summed E-state index contributed by atoms with van der Waals surface area (Å²) < 4.78 is 0. The lowest BCUT2D eigenvalue weighted by molar-refractivity contribution is -0.384. The fraction of sp³-hybridized carbons (Fsp3) is 0.250. The maximum atomic E-state index is 11.1. The van der Waals surface area contributed by atoms with Crippen LogP contribution in [-0.2, 0) is 0 Å². The second-order valence-electron chi connectivity index (χ2n) is 4.94. The van der Waals surface area contributed by atoms with E-state index < -0.39 is 4.92 Å². The number of hydrogen-bond donors (Lipinski definition) is 2. The van der Waals surface area contributed by atoms with Crippen LogP contribution >= 0.6 is 0 Å². The van der Waals surface area contributed by atoms with Crippen LogP contribution < -0.4 is 5.32 Å². The summed E-state index contributed by atoms with van der Waals surface area (Å²) in [4.78, 5) is 10.7. The highest BCUT2D eigenvalue weighted by molar-refractivity contribution is 5.63. The number of hydrogen-bond acceptors (Lipinski definition) is 4. The Morgan fingerprint density at radius 3 is 2.62 bits per heavy atom. The minimum Gasteiger partial charge on any atom is -0.508 e. The van der Waals surface area contributed by atoms with Gasteiger partial charge in [0, 0.05) is 11.6 Å². The number of phenols is 1. The first kappa shape index (κ1) is 14.8. The van der Waals surface area contributed by atoms with Gasteiger partial charge >= 0.3 is 0 Å². The molecule has 2 aromatic carbocycles. The largest absolute Gasteiger partial charge is 0.508 e. The Morgan fingerprint density at radius 1 is 1.29 bits per heavy atom. The predicted octanol–water partition coefficient (Wildman–Crippen LogP) is 4.17. The van der Waals surface area contributed by atoms with Crippen LogP contribution in [0.4, 0.5) is 11.4 Å². The molecule has 0 radical (unpaired) electrons. The average molecular weight is 286 g/mol. The number of nitro groups is 1. The summed E-state index contributed by atoms with van der Waals surface area (Å²) >= 11 is 0. The van der Waals surface area contributed by atoms with Crippen molar-refractivity contribution in [2.24, 2.45) is 0 Å². The van der Waals surface area contributed by atoms with Gasteiger partial charge < -0.3 is 10.4 Å². The number of phenolic OH excluding ortho intramolecular Hbond substituents is 1. The first-order valence-corrected chi connectivity index (χ1v) is 6.82. The molecule has 0 saturated heterocycles. The standard InChI is InChI=1S/C16H18N2O3/c1-3-13(12-6-4-5-7-16(12)19)17-14-10-11(2)8-9-15(14)18(20)21/h4-10,13,17,19H,3H2,1-2H3. The van der Waals surface area contributed by atoms with Gasteiger partial charge in [-0.3, -0.25) is 10.1 Å². The molecule has 110 valence electrons. The molecule has 0 aliphatic heterocycles. The van der Waals surface area contributed by atoms with Gasteiger partial charge in [-0.25, -0.2) is 0 Å². The number of para-hydroxylation sites is 1. The van der Waals surface area contributed by atoms with Crippen LogP contribution in [0, 0.1) is 17.0 Å². The highest BCUT2D eigenvalue weighted by Gasteiger charge is 2.19. The van der Waals surface area contributed by atoms with Crippen molar-refractivity contribution < 1.29 is 10.0 Å². The Hall–Kier alpha value is -2.56. The van der Waals surface area contributed by atoms with Crippen LogP contribution in [0.1, 0.15) is 30.5 Å². The Labute approximate surface area is 123 Å². The highest BCUT2D eigenvalue weighted by atomic mass is 16.6. The smallest absolute Gasteiger partial charge is 0.292 e. The van der Waals surface area contributed by atoms with Gasteiger partial charge in [-0.1, -0.05) is 31.2 Å². The molecule has 2 N–H and O–H groups in total. The van der Waals surface area contributed by atoms with E-state index in [0.717, 1.165) is 11.1 Å². The van der Waals surface area contributed by atoms with Crippen LogP contribution in [-0.4, -0.2) is 10.0 Å². The van der Waals surface area contributed by atoms with Crippen molar-refractivity contribution in [3.63, 3.8) is 0 Å².